The van der Waals surface area contributed by atoms with Gasteiger partial charge in [-0.3, -0.25) is 18.9 Å². The summed E-state index contributed by atoms with van der Waals surface area (Å²) in [4.78, 5) is 31.7. The molecule has 1 saturated heterocycles. The predicted molar refractivity (Wildman–Crippen MR) is 107 cm³/mol. The molecular formula is C21H21FN4O4. The summed E-state index contributed by atoms with van der Waals surface area (Å²) in [6.45, 7) is 3.44. The zero-order valence-electron chi connectivity index (χ0n) is 16.2. The molecule has 4 rings (SSSR count). The minimum absolute atomic E-state index is 0.106. The van der Waals surface area contributed by atoms with Crippen LogP contribution in [0.1, 0.15) is 21.6 Å². The first-order valence-corrected chi connectivity index (χ1v) is 9.59. The first kappa shape index (κ1) is 20.0. The van der Waals surface area contributed by atoms with E-state index in [-0.39, 0.29) is 18.1 Å². The third kappa shape index (κ3) is 4.17. The normalized spacial score (nSPS) is 14.7. The van der Waals surface area contributed by atoms with Gasteiger partial charge in [0.2, 0.25) is 5.75 Å². The smallest absolute Gasteiger partial charge is 0.300 e. The SMILES string of the molecule is O=C(NCc1ccc(F)cc1)c1nc2c(CN3CCOCC3)cccn2c(=O)c1O. The molecule has 3 heterocycles. The monoisotopic (exact) mass is 412 g/mol. The van der Waals surface area contributed by atoms with Gasteiger partial charge in [0.05, 0.1) is 13.2 Å². The van der Waals surface area contributed by atoms with Crippen molar-refractivity contribution in [3.63, 3.8) is 0 Å². The number of halogens is 1. The maximum atomic E-state index is 13.0. The highest BCUT2D eigenvalue weighted by molar-refractivity contribution is 5.95. The summed E-state index contributed by atoms with van der Waals surface area (Å²) in [5.74, 6) is -1.77. The van der Waals surface area contributed by atoms with E-state index in [9.17, 15) is 19.1 Å². The zero-order valence-corrected chi connectivity index (χ0v) is 16.2. The van der Waals surface area contributed by atoms with Gasteiger partial charge in [-0.2, -0.15) is 0 Å². The van der Waals surface area contributed by atoms with Crippen LogP contribution in [0.25, 0.3) is 5.65 Å². The number of carbonyl (C=O) groups is 1. The van der Waals surface area contributed by atoms with Crippen LogP contribution in [0, 0.1) is 5.82 Å². The highest BCUT2D eigenvalue weighted by atomic mass is 19.1. The lowest BCUT2D eigenvalue weighted by atomic mass is 10.2. The Kier molecular flexibility index (Phi) is 5.73. The molecule has 0 radical (unpaired) electrons. The number of hydrogen-bond donors (Lipinski definition) is 2. The molecule has 1 aromatic carbocycles. The van der Waals surface area contributed by atoms with Crippen molar-refractivity contribution in [1.82, 2.24) is 19.6 Å². The lowest BCUT2D eigenvalue weighted by Gasteiger charge is -2.26. The summed E-state index contributed by atoms with van der Waals surface area (Å²) < 4.78 is 19.6. The Morgan fingerprint density at radius 1 is 1.20 bits per heavy atom. The van der Waals surface area contributed by atoms with Gasteiger partial charge < -0.3 is 15.2 Å². The van der Waals surface area contributed by atoms with E-state index in [1.165, 1.54) is 22.7 Å². The van der Waals surface area contributed by atoms with Crippen LogP contribution in [-0.2, 0) is 17.8 Å². The van der Waals surface area contributed by atoms with Crippen molar-refractivity contribution >= 4 is 11.6 Å². The Bertz CT molecular complexity index is 1120. The van der Waals surface area contributed by atoms with Crippen molar-refractivity contribution < 1.29 is 19.0 Å². The average molecular weight is 412 g/mol. The number of aromatic nitrogens is 2. The van der Waals surface area contributed by atoms with E-state index in [2.05, 4.69) is 15.2 Å². The first-order valence-electron chi connectivity index (χ1n) is 9.59. The second-order valence-electron chi connectivity index (χ2n) is 7.04. The fourth-order valence-electron chi connectivity index (χ4n) is 3.36. The molecule has 0 aliphatic carbocycles. The largest absolute Gasteiger partial charge is 0.501 e. The van der Waals surface area contributed by atoms with Crippen molar-refractivity contribution in [2.24, 2.45) is 0 Å². The van der Waals surface area contributed by atoms with E-state index in [1.54, 1.807) is 18.2 Å². The molecule has 2 aromatic heterocycles. The number of nitrogens with one attached hydrogen (secondary N) is 1. The van der Waals surface area contributed by atoms with Gasteiger partial charge >= 0.3 is 5.56 Å². The van der Waals surface area contributed by atoms with Crippen molar-refractivity contribution in [2.45, 2.75) is 13.1 Å². The van der Waals surface area contributed by atoms with Crippen LogP contribution in [0.15, 0.2) is 47.4 Å². The van der Waals surface area contributed by atoms with Gasteiger partial charge in [-0.25, -0.2) is 9.37 Å². The first-order chi connectivity index (χ1) is 14.5. The average Bonchev–Trinajstić information content (AvgIpc) is 2.76. The topological polar surface area (TPSA) is 96.2 Å². The van der Waals surface area contributed by atoms with Crippen LogP contribution in [0.2, 0.25) is 0 Å². The van der Waals surface area contributed by atoms with Crippen molar-refractivity contribution in [3.05, 3.63) is 75.6 Å². The van der Waals surface area contributed by atoms with E-state index < -0.39 is 17.2 Å². The van der Waals surface area contributed by atoms with E-state index >= 15 is 0 Å². The summed E-state index contributed by atoms with van der Waals surface area (Å²) in [6.07, 6.45) is 1.51. The molecule has 0 spiro atoms. The van der Waals surface area contributed by atoms with Crippen LogP contribution in [0.5, 0.6) is 5.75 Å². The number of ether oxygens (including phenoxy) is 1. The maximum absolute atomic E-state index is 13.0. The lowest BCUT2D eigenvalue weighted by molar-refractivity contribution is 0.0343. The Balaban J connectivity index is 1.63. The van der Waals surface area contributed by atoms with Gasteiger partial charge in [-0.05, 0) is 23.8 Å². The number of morpholine rings is 1. The number of pyridine rings is 1. The van der Waals surface area contributed by atoms with Gasteiger partial charge in [0.15, 0.2) is 5.69 Å². The van der Waals surface area contributed by atoms with Crippen LogP contribution < -0.4 is 10.9 Å². The number of amides is 1. The van der Waals surface area contributed by atoms with Crippen molar-refractivity contribution in [2.75, 3.05) is 26.3 Å². The second kappa shape index (κ2) is 8.60. The summed E-state index contributed by atoms with van der Waals surface area (Å²) in [5, 5.41) is 12.9. The molecule has 2 N–H and O–H groups in total. The molecule has 3 aromatic rings. The summed E-state index contributed by atoms with van der Waals surface area (Å²) in [7, 11) is 0. The molecule has 1 amide bonds. The number of hydrogen-bond acceptors (Lipinski definition) is 6. The fourth-order valence-corrected chi connectivity index (χ4v) is 3.36. The molecule has 1 aliphatic heterocycles. The van der Waals surface area contributed by atoms with Gasteiger partial charge in [0.1, 0.15) is 11.5 Å². The quantitative estimate of drug-likeness (QED) is 0.656. The zero-order chi connectivity index (χ0) is 21.1. The Hall–Kier alpha value is -3.30. The van der Waals surface area contributed by atoms with E-state index in [1.807, 2.05) is 6.07 Å². The molecule has 9 heteroatoms. The number of rotatable bonds is 5. The number of benzene rings is 1. The third-order valence-corrected chi connectivity index (χ3v) is 4.99. The van der Waals surface area contributed by atoms with Crippen LogP contribution in [0.4, 0.5) is 4.39 Å². The van der Waals surface area contributed by atoms with Crippen molar-refractivity contribution in [1.29, 1.82) is 0 Å². The molecule has 0 atom stereocenters. The summed E-state index contributed by atoms with van der Waals surface area (Å²) in [6, 6.07) is 9.21. The Labute approximate surface area is 171 Å². The lowest BCUT2D eigenvalue weighted by Crippen LogP contribution is -2.36. The summed E-state index contributed by atoms with van der Waals surface area (Å²) >= 11 is 0. The molecule has 30 heavy (non-hydrogen) atoms. The van der Waals surface area contributed by atoms with Crippen molar-refractivity contribution in [3.8, 4) is 5.75 Å². The Morgan fingerprint density at radius 3 is 2.67 bits per heavy atom. The molecule has 8 nitrogen and oxygen atoms in total. The number of nitrogens with zero attached hydrogens (tertiary/aromatic N) is 3. The minimum atomic E-state index is -0.715. The van der Waals surface area contributed by atoms with E-state index in [0.717, 1.165) is 18.7 Å². The van der Waals surface area contributed by atoms with Crippen LogP contribution in [0.3, 0.4) is 0 Å². The highest BCUT2D eigenvalue weighted by Crippen LogP contribution is 2.16. The molecule has 0 unspecified atom stereocenters. The third-order valence-electron chi connectivity index (χ3n) is 4.99. The van der Waals surface area contributed by atoms with Crippen LogP contribution >= 0.6 is 0 Å². The number of fused-ring (bicyclic) bond motifs is 1. The van der Waals surface area contributed by atoms with E-state index in [0.29, 0.717) is 31.0 Å². The summed E-state index contributed by atoms with van der Waals surface area (Å²) in [5.41, 5.74) is 0.713. The fraction of sp³-hybridized carbons (Fsp3) is 0.286. The molecule has 1 aliphatic rings. The van der Waals surface area contributed by atoms with Crippen LogP contribution in [-0.4, -0.2) is 51.6 Å². The molecular weight excluding hydrogens is 391 g/mol. The molecule has 156 valence electrons. The van der Waals surface area contributed by atoms with Gasteiger partial charge in [0, 0.05) is 37.9 Å². The number of carbonyl (C=O) groups excluding carboxylic acids is 1. The second-order valence-corrected chi connectivity index (χ2v) is 7.04. The maximum Gasteiger partial charge on any atom is 0.300 e. The van der Waals surface area contributed by atoms with Gasteiger partial charge in [0.25, 0.3) is 5.91 Å². The Morgan fingerprint density at radius 2 is 1.93 bits per heavy atom. The predicted octanol–water partition coefficient (Wildman–Crippen LogP) is 1.30. The molecule has 1 fully saturated rings. The molecule has 0 saturated carbocycles. The standard InChI is InChI=1S/C21H21FN4O4/c22-16-5-3-14(4-6-16)12-23-20(28)17-18(27)21(29)26-7-1-2-15(19(26)24-17)13-25-8-10-30-11-9-25/h1-7,27H,8-13H2,(H,23,28). The molecule has 0 bridgehead atoms. The highest BCUT2D eigenvalue weighted by Gasteiger charge is 2.21. The van der Waals surface area contributed by atoms with E-state index in [4.69, 9.17) is 4.74 Å². The minimum Gasteiger partial charge on any atom is -0.501 e. The van der Waals surface area contributed by atoms with Gasteiger partial charge in [-0.15, -0.1) is 0 Å². The number of aromatic hydroxyl groups is 1. The van der Waals surface area contributed by atoms with Gasteiger partial charge in [-0.1, -0.05) is 18.2 Å².